The molecular formula is C20H26O3. The summed E-state index contributed by atoms with van der Waals surface area (Å²) in [5.74, 6) is -0.380. The molecule has 124 valence electrons. The molecule has 0 fully saturated rings. The second-order valence-corrected chi connectivity index (χ2v) is 7.25. The second-order valence-electron chi connectivity index (χ2n) is 7.25. The Morgan fingerprint density at radius 1 is 1.26 bits per heavy atom. The number of esters is 1. The summed E-state index contributed by atoms with van der Waals surface area (Å²) in [6.07, 6.45) is 4.64. The number of hydrogen-bond donors (Lipinski definition) is 0. The van der Waals surface area contributed by atoms with E-state index in [9.17, 15) is 9.59 Å². The van der Waals surface area contributed by atoms with Gasteiger partial charge in [0, 0.05) is 11.6 Å². The van der Waals surface area contributed by atoms with Crippen LogP contribution >= 0.6 is 0 Å². The molecule has 0 saturated carbocycles. The van der Waals surface area contributed by atoms with E-state index in [0.29, 0.717) is 0 Å². The van der Waals surface area contributed by atoms with E-state index < -0.39 is 5.97 Å². The van der Waals surface area contributed by atoms with E-state index >= 15 is 0 Å². The minimum Gasteiger partial charge on any atom is -0.466 e. The van der Waals surface area contributed by atoms with Crippen LogP contribution in [-0.4, -0.2) is 18.9 Å². The van der Waals surface area contributed by atoms with Crippen molar-refractivity contribution >= 4 is 11.8 Å². The fraction of sp³-hybridized carbons (Fsp3) is 0.500. The van der Waals surface area contributed by atoms with Gasteiger partial charge in [0.05, 0.1) is 7.11 Å². The third-order valence-corrected chi connectivity index (χ3v) is 4.91. The third-order valence-electron chi connectivity index (χ3n) is 4.91. The first-order valence-electron chi connectivity index (χ1n) is 8.16. The summed E-state index contributed by atoms with van der Waals surface area (Å²) >= 11 is 0. The molecule has 0 N–H and O–H groups in total. The van der Waals surface area contributed by atoms with Crippen LogP contribution in [0.5, 0.6) is 0 Å². The highest BCUT2D eigenvalue weighted by molar-refractivity contribution is 6.09. The molecule has 0 aromatic heterocycles. The summed E-state index contributed by atoms with van der Waals surface area (Å²) in [4.78, 5) is 23.9. The Morgan fingerprint density at radius 2 is 1.91 bits per heavy atom. The van der Waals surface area contributed by atoms with Gasteiger partial charge in [-0.1, -0.05) is 33.8 Å². The van der Waals surface area contributed by atoms with Crippen LogP contribution < -0.4 is 0 Å². The molecule has 3 nitrogen and oxygen atoms in total. The number of carbonyl (C=O) groups excluding carboxylic acids is 2. The molecule has 3 heteroatoms. The summed E-state index contributed by atoms with van der Waals surface area (Å²) in [7, 11) is 1.30. The van der Waals surface area contributed by atoms with Crippen molar-refractivity contribution < 1.29 is 14.3 Å². The van der Waals surface area contributed by atoms with Gasteiger partial charge in [-0.3, -0.25) is 4.79 Å². The average molecular weight is 314 g/mol. The quantitative estimate of drug-likeness (QED) is 0.474. The lowest BCUT2D eigenvalue weighted by atomic mass is 9.81. The van der Waals surface area contributed by atoms with Gasteiger partial charge in [-0.25, -0.2) is 4.79 Å². The van der Waals surface area contributed by atoms with Gasteiger partial charge in [-0.15, -0.1) is 0 Å². The third kappa shape index (κ3) is 3.24. The highest BCUT2D eigenvalue weighted by atomic mass is 16.5. The van der Waals surface area contributed by atoms with Gasteiger partial charge < -0.3 is 4.74 Å². The Labute approximate surface area is 138 Å². The van der Waals surface area contributed by atoms with E-state index in [1.54, 1.807) is 0 Å². The molecule has 1 aliphatic carbocycles. The fourth-order valence-corrected chi connectivity index (χ4v) is 3.46. The van der Waals surface area contributed by atoms with E-state index in [1.807, 2.05) is 6.92 Å². The molecule has 0 saturated heterocycles. The van der Waals surface area contributed by atoms with E-state index in [2.05, 4.69) is 38.5 Å². The van der Waals surface area contributed by atoms with Crippen LogP contribution in [-0.2, 0) is 21.4 Å². The van der Waals surface area contributed by atoms with Gasteiger partial charge in [-0.2, -0.15) is 0 Å². The van der Waals surface area contributed by atoms with E-state index in [1.165, 1.54) is 30.4 Å². The highest BCUT2D eigenvalue weighted by Gasteiger charge is 2.33. The van der Waals surface area contributed by atoms with Gasteiger partial charge in [0.15, 0.2) is 5.78 Å². The van der Waals surface area contributed by atoms with Crippen LogP contribution in [0.4, 0.5) is 0 Å². The van der Waals surface area contributed by atoms with Gasteiger partial charge in [-0.05, 0) is 59.4 Å². The molecule has 1 aromatic rings. The van der Waals surface area contributed by atoms with Gasteiger partial charge in [0.1, 0.15) is 0 Å². The Balaban J connectivity index is 2.58. The maximum absolute atomic E-state index is 12.7. The van der Waals surface area contributed by atoms with Crippen LogP contribution in [0.2, 0.25) is 0 Å². The summed E-state index contributed by atoms with van der Waals surface area (Å²) in [6, 6.07) is 2.21. The molecular weight excluding hydrogens is 288 g/mol. The van der Waals surface area contributed by atoms with Crippen molar-refractivity contribution in [3.8, 4) is 0 Å². The van der Waals surface area contributed by atoms with Crippen LogP contribution in [0.15, 0.2) is 18.2 Å². The largest absolute Gasteiger partial charge is 0.466 e. The summed E-state index contributed by atoms with van der Waals surface area (Å²) in [6.45, 7) is 10.8. The monoisotopic (exact) mass is 314 g/mol. The lowest BCUT2D eigenvalue weighted by molar-refractivity contribution is -0.134. The first-order valence-corrected chi connectivity index (χ1v) is 8.16. The first-order chi connectivity index (χ1) is 10.7. The number of rotatable bonds is 4. The van der Waals surface area contributed by atoms with Crippen LogP contribution in [0.25, 0.3) is 0 Å². The standard InChI is InChI=1S/C20H26O3/c1-12(2)15-11-16-14(9-10-20(16,4)5)13(3)19(15)17(21)7-8-18(22)23-6/h7-8,11-12H,9-10H2,1-6H3. The van der Waals surface area contributed by atoms with Crippen molar-refractivity contribution in [3.63, 3.8) is 0 Å². The van der Waals surface area contributed by atoms with Gasteiger partial charge in [0.2, 0.25) is 0 Å². The number of benzene rings is 1. The number of ketones is 1. The van der Waals surface area contributed by atoms with Gasteiger partial charge in [0.25, 0.3) is 0 Å². The summed E-state index contributed by atoms with van der Waals surface area (Å²) in [5, 5.41) is 0. The van der Waals surface area contributed by atoms with Gasteiger partial charge >= 0.3 is 5.97 Å². The molecule has 0 radical (unpaired) electrons. The SMILES string of the molecule is COC(=O)C=CC(=O)c1c(C(C)C)cc2c(c1C)CCC2(C)C. The zero-order chi connectivity index (χ0) is 17.4. The Bertz CT molecular complexity index is 679. The minimum atomic E-state index is -0.510. The molecule has 0 bridgehead atoms. The zero-order valence-electron chi connectivity index (χ0n) is 14.9. The van der Waals surface area contributed by atoms with E-state index in [0.717, 1.165) is 29.5 Å². The Morgan fingerprint density at radius 3 is 2.48 bits per heavy atom. The highest BCUT2D eigenvalue weighted by Crippen LogP contribution is 2.43. The maximum Gasteiger partial charge on any atom is 0.330 e. The van der Waals surface area contributed by atoms with Crippen LogP contribution in [0, 0.1) is 6.92 Å². The van der Waals surface area contributed by atoms with Crippen molar-refractivity contribution in [3.05, 3.63) is 46.0 Å². The second kappa shape index (κ2) is 6.31. The Hall–Kier alpha value is -1.90. The minimum absolute atomic E-state index is 0.121. The molecule has 0 atom stereocenters. The molecule has 0 aliphatic heterocycles. The normalized spacial score (nSPS) is 16.0. The molecule has 0 unspecified atom stereocenters. The predicted octanol–water partition coefficient (Wildman–Crippen LogP) is 4.25. The number of fused-ring (bicyclic) bond motifs is 1. The molecule has 2 rings (SSSR count). The lowest BCUT2D eigenvalue weighted by Crippen LogP contribution is -2.15. The van der Waals surface area contributed by atoms with E-state index in [-0.39, 0.29) is 17.1 Å². The predicted molar refractivity (Wildman–Crippen MR) is 92.1 cm³/mol. The fourth-order valence-electron chi connectivity index (χ4n) is 3.46. The van der Waals surface area contributed by atoms with Crippen LogP contribution in [0.1, 0.15) is 72.6 Å². The number of hydrogen-bond acceptors (Lipinski definition) is 3. The van der Waals surface area contributed by atoms with Crippen molar-refractivity contribution in [1.82, 2.24) is 0 Å². The van der Waals surface area contributed by atoms with Crippen molar-refractivity contribution in [2.45, 2.75) is 58.8 Å². The van der Waals surface area contributed by atoms with Crippen LogP contribution in [0.3, 0.4) is 0 Å². The lowest BCUT2D eigenvalue weighted by Gasteiger charge is -2.23. The molecule has 0 amide bonds. The average Bonchev–Trinajstić information content (AvgIpc) is 2.79. The summed E-state index contributed by atoms with van der Waals surface area (Å²) < 4.78 is 4.57. The molecule has 0 spiro atoms. The summed E-state index contributed by atoms with van der Waals surface area (Å²) in [5.41, 5.74) is 5.71. The topological polar surface area (TPSA) is 43.4 Å². The maximum atomic E-state index is 12.7. The molecule has 1 aromatic carbocycles. The molecule has 0 heterocycles. The number of carbonyl (C=O) groups is 2. The number of ether oxygens (including phenoxy) is 1. The van der Waals surface area contributed by atoms with Crippen molar-refractivity contribution in [1.29, 1.82) is 0 Å². The Kier molecular flexibility index (Phi) is 4.79. The smallest absolute Gasteiger partial charge is 0.330 e. The molecule has 1 aliphatic rings. The first kappa shape index (κ1) is 17.5. The molecule has 23 heavy (non-hydrogen) atoms. The number of allylic oxidation sites excluding steroid dienone is 1. The van der Waals surface area contributed by atoms with Crippen molar-refractivity contribution in [2.24, 2.45) is 0 Å². The number of methoxy groups -OCH3 is 1. The zero-order valence-corrected chi connectivity index (χ0v) is 14.9. The van der Waals surface area contributed by atoms with Crippen molar-refractivity contribution in [2.75, 3.05) is 7.11 Å². The van der Waals surface area contributed by atoms with E-state index in [4.69, 9.17) is 0 Å².